The molecule has 0 saturated carbocycles. The van der Waals surface area contributed by atoms with Gasteiger partial charge >= 0.3 is 12.1 Å². The molecular formula is C15H20N2O4. The third kappa shape index (κ3) is 3.95. The summed E-state index contributed by atoms with van der Waals surface area (Å²) >= 11 is 0. The topological polar surface area (TPSA) is 81.9 Å². The Morgan fingerprint density at radius 1 is 1.33 bits per heavy atom. The van der Waals surface area contributed by atoms with Crippen LogP contribution in [0.15, 0.2) is 30.3 Å². The van der Waals surface area contributed by atoms with Gasteiger partial charge in [0.25, 0.3) is 0 Å². The Morgan fingerprint density at radius 2 is 2.05 bits per heavy atom. The molecule has 1 aliphatic rings. The summed E-state index contributed by atoms with van der Waals surface area (Å²) in [4.78, 5) is 25.2. The number of amides is 1. The maximum absolute atomic E-state index is 12.0. The van der Waals surface area contributed by atoms with Gasteiger partial charge in [0.2, 0.25) is 0 Å². The highest BCUT2D eigenvalue weighted by Gasteiger charge is 2.35. The highest BCUT2D eigenvalue weighted by Crippen LogP contribution is 2.18. The van der Waals surface area contributed by atoms with Gasteiger partial charge in [0, 0.05) is 19.1 Å². The molecule has 1 heterocycles. The molecule has 114 valence electrons. The monoisotopic (exact) mass is 292 g/mol. The molecule has 0 radical (unpaired) electrons. The smallest absolute Gasteiger partial charge is 0.410 e. The number of nitrogens with zero attached hydrogens (tertiary/aromatic N) is 1. The van der Waals surface area contributed by atoms with Crippen LogP contribution in [0.4, 0.5) is 4.79 Å². The van der Waals surface area contributed by atoms with Gasteiger partial charge in [-0.2, -0.15) is 0 Å². The van der Waals surface area contributed by atoms with Crippen LogP contribution in [0.5, 0.6) is 0 Å². The molecule has 1 saturated heterocycles. The van der Waals surface area contributed by atoms with Crippen molar-refractivity contribution in [1.82, 2.24) is 4.90 Å². The quantitative estimate of drug-likeness (QED) is 0.845. The average Bonchev–Trinajstić information content (AvgIpc) is 2.53. The number of ether oxygens (including phenoxy) is 2. The number of rotatable bonds is 3. The fourth-order valence-electron chi connectivity index (χ4n) is 2.35. The number of hydrogen-bond donors (Lipinski definition) is 1. The molecule has 2 atom stereocenters. The molecule has 1 aliphatic heterocycles. The van der Waals surface area contributed by atoms with Crippen molar-refractivity contribution in [3.05, 3.63) is 35.9 Å². The van der Waals surface area contributed by atoms with E-state index >= 15 is 0 Å². The first kappa shape index (κ1) is 15.3. The van der Waals surface area contributed by atoms with Crippen molar-refractivity contribution in [2.75, 3.05) is 20.2 Å². The number of esters is 1. The molecule has 21 heavy (non-hydrogen) atoms. The summed E-state index contributed by atoms with van der Waals surface area (Å²) in [6.07, 6.45) is 0.125. The Hall–Kier alpha value is -2.08. The van der Waals surface area contributed by atoms with Gasteiger partial charge in [0.05, 0.1) is 13.0 Å². The number of hydrogen-bond acceptors (Lipinski definition) is 5. The van der Waals surface area contributed by atoms with E-state index < -0.39 is 12.0 Å². The van der Waals surface area contributed by atoms with Crippen LogP contribution in [0.25, 0.3) is 0 Å². The van der Waals surface area contributed by atoms with Gasteiger partial charge in [-0.3, -0.25) is 4.79 Å². The fraction of sp³-hybridized carbons (Fsp3) is 0.467. The molecule has 2 unspecified atom stereocenters. The summed E-state index contributed by atoms with van der Waals surface area (Å²) < 4.78 is 9.98. The predicted octanol–water partition coefficient (Wildman–Crippen LogP) is 1.15. The number of methoxy groups -OCH3 is 1. The van der Waals surface area contributed by atoms with Crippen molar-refractivity contribution < 1.29 is 19.1 Å². The zero-order chi connectivity index (χ0) is 15.2. The lowest BCUT2D eigenvalue weighted by Crippen LogP contribution is -2.52. The Labute approximate surface area is 123 Å². The van der Waals surface area contributed by atoms with Crippen molar-refractivity contribution in [3.8, 4) is 0 Å². The van der Waals surface area contributed by atoms with Crippen molar-refractivity contribution in [3.63, 3.8) is 0 Å². The van der Waals surface area contributed by atoms with E-state index in [4.69, 9.17) is 15.2 Å². The van der Waals surface area contributed by atoms with Crippen LogP contribution in [-0.2, 0) is 20.9 Å². The van der Waals surface area contributed by atoms with Gasteiger partial charge in [-0.1, -0.05) is 30.3 Å². The van der Waals surface area contributed by atoms with Gasteiger partial charge < -0.3 is 20.1 Å². The molecule has 0 spiro atoms. The molecule has 1 aromatic rings. The Bertz CT molecular complexity index is 492. The summed E-state index contributed by atoms with van der Waals surface area (Å²) in [5, 5.41) is 0. The van der Waals surface area contributed by atoms with E-state index in [-0.39, 0.29) is 25.2 Å². The molecule has 0 aromatic heterocycles. The Kier molecular flexibility index (Phi) is 5.16. The maximum atomic E-state index is 12.0. The maximum Gasteiger partial charge on any atom is 0.410 e. The van der Waals surface area contributed by atoms with E-state index in [1.165, 1.54) is 12.0 Å². The normalized spacial score (nSPS) is 21.7. The van der Waals surface area contributed by atoms with Crippen LogP contribution < -0.4 is 5.73 Å². The Balaban J connectivity index is 1.89. The second kappa shape index (κ2) is 7.08. The standard InChI is InChI=1S/C15H20N2O4/c1-20-14(18)12-9-17(8-7-13(12)16)15(19)21-10-11-5-3-2-4-6-11/h2-6,12-13H,7-10,16H2,1H3. The van der Waals surface area contributed by atoms with E-state index in [0.717, 1.165) is 5.56 Å². The first-order valence-electron chi connectivity index (χ1n) is 6.91. The second-order valence-electron chi connectivity index (χ2n) is 5.07. The molecule has 2 rings (SSSR count). The van der Waals surface area contributed by atoms with E-state index in [9.17, 15) is 9.59 Å². The molecule has 6 nitrogen and oxygen atoms in total. The van der Waals surface area contributed by atoms with Crippen LogP contribution in [-0.4, -0.2) is 43.2 Å². The van der Waals surface area contributed by atoms with E-state index in [1.807, 2.05) is 30.3 Å². The minimum atomic E-state index is -0.493. The highest BCUT2D eigenvalue weighted by atomic mass is 16.6. The summed E-state index contributed by atoms with van der Waals surface area (Å²) in [7, 11) is 1.32. The molecule has 6 heteroatoms. The number of piperidine rings is 1. The van der Waals surface area contributed by atoms with Crippen molar-refractivity contribution in [2.45, 2.75) is 19.1 Å². The first-order chi connectivity index (χ1) is 10.1. The van der Waals surface area contributed by atoms with Crippen LogP contribution in [0.2, 0.25) is 0 Å². The lowest BCUT2D eigenvalue weighted by atomic mass is 9.93. The van der Waals surface area contributed by atoms with Gasteiger partial charge in [-0.15, -0.1) is 0 Å². The zero-order valence-electron chi connectivity index (χ0n) is 12.0. The third-order valence-corrected chi connectivity index (χ3v) is 3.63. The number of carbonyl (C=O) groups is 2. The first-order valence-corrected chi connectivity index (χ1v) is 6.91. The van der Waals surface area contributed by atoms with Crippen LogP contribution in [0.3, 0.4) is 0 Å². The lowest BCUT2D eigenvalue weighted by Gasteiger charge is -2.34. The van der Waals surface area contributed by atoms with Gasteiger partial charge in [-0.25, -0.2) is 4.79 Å². The van der Waals surface area contributed by atoms with E-state index in [1.54, 1.807) is 0 Å². The molecular weight excluding hydrogens is 272 g/mol. The highest BCUT2D eigenvalue weighted by molar-refractivity contribution is 5.75. The number of likely N-dealkylation sites (tertiary alicyclic amines) is 1. The molecule has 1 aromatic carbocycles. The molecule has 0 bridgehead atoms. The molecule has 1 amide bonds. The predicted molar refractivity (Wildman–Crippen MR) is 76.3 cm³/mol. The number of carbonyl (C=O) groups excluding carboxylic acids is 2. The summed E-state index contributed by atoms with van der Waals surface area (Å²) in [5.41, 5.74) is 6.82. The zero-order valence-corrected chi connectivity index (χ0v) is 12.0. The lowest BCUT2D eigenvalue weighted by molar-refractivity contribution is -0.147. The minimum Gasteiger partial charge on any atom is -0.469 e. The minimum absolute atomic E-state index is 0.213. The van der Waals surface area contributed by atoms with Gasteiger partial charge in [-0.05, 0) is 12.0 Å². The summed E-state index contributed by atoms with van der Waals surface area (Å²) in [6, 6.07) is 9.16. The molecule has 0 aliphatic carbocycles. The SMILES string of the molecule is COC(=O)C1CN(C(=O)OCc2ccccc2)CCC1N. The summed E-state index contributed by atoms with van der Waals surface area (Å²) in [5.74, 6) is -0.879. The van der Waals surface area contributed by atoms with Gasteiger partial charge in [0.15, 0.2) is 0 Å². The second-order valence-corrected chi connectivity index (χ2v) is 5.07. The van der Waals surface area contributed by atoms with Crippen LogP contribution in [0, 0.1) is 5.92 Å². The van der Waals surface area contributed by atoms with E-state index in [0.29, 0.717) is 13.0 Å². The van der Waals surface area contributed by atoms with Crippen molar-refractivity contribution in [2.24, 2.45) is 11.7 Å². The Morgan fingerprint density at radius 3 is 2.71 bits per heavy atom. The number of benzene rings is 1. The van der Waals surface area contributed by atoms with Gasteiger partial charge in [0.1, 0.15) is 6.61 Å². The van der Waals surface area contributed by atoms with E-state index in [2.05, 4.69) is 0 Å². The molecule has 1 fully saturated rings. The van der Waals surface area contributed by atoms with Crippen molar-refractivity contribution in [1.29, 1.82) is 0 Å². The fourth-order valence-corrected chi connectivity index (χ4v) is 2.35. The number of nitrogens with two attached hydrogens (primary N) is 1. The third-order valence-electron chi connectivity index (χ3n) is 3.63. The van der Waals surface area contributed by atoms with Crippen molar-refractivity contribution >= 4 is 12.1 Å². The summed E-state index contributed by atoms with van der Waals surface area (Å²) in [6.45, 7) is 0.939. The largest absolute Gasteiger partial charge is 0.469 e. The van der Waals surface area contributed by atoms with Crippen LogP contribution >= 0.6 is 0 Å². The average molecular weight is 292 g/mol. The molecule has 2 N–H and O–H groups in total. The van der Waals surface area contributed by atoms with Crippen LogP contribution in [0.1, 0.15) is 12.0 Å².